The molecule has 0 bridgehead atoms. The van der Waals surface area contributed by atoms with Crippen molar-refractivity contribution in [3.8, 4) is 6.07 Å². The SMILES string of the molecule is Cc1cccc(C2CCN(Cc3cncn3Cc3ccc(C#N)cc3)CC2OCc2ccccc2)c1. The van der Waals surface area contributed by atoms with Crippen molar-refractivity contribution in [2.75, 3.05) is 13.1 Å². The third-order valence-electron chi connectivity index (χ3n) is 7.04. The third-order valence-corrected chi connectivity index (χ3v) is 7.04. The molecule has 182 valence electrons. The average molecular weight is 477 g/mol. The Kier molecular flexibility index (Phi) is 7.56. The van der Waals surface area contributed by atoms with Gasteiger partial charge in [0.05, 0.1) is 36.4 Å². The molecule has 5 nitrogen and oxygen atoms in total. The van der Waals surface area contributed by atoms with E-state index in [0.29, 0.717) is 18.1 Å². The van der Waals surface area contributed by atoms with E-state index < -0.39 is 0 Å². The monoisotopic (exact) mass is 476 g/mol. The minimum atomic E-state index is 0.121. The summed E-state index contributed by atoms with van der Waals surface area (Å²) in [6.45, 7) is 6.27. The zero-order valence-corrected chi connectivity index (χ0v) is 20.8. The van der Waals surface area contributed by atoms with Gasteiger partial charge in [-0.3, -0.25) is 4.90 Å². The Hall–Kier alpha value is -3.72. The van der Waals surface area contributed by atoms with Gasteiger partial charge in [-0.05, 0) is 48.7 Å². The number of ether oxygens (including phenoxy) is 1. The Morgan fingerprint density at radius 1 is 0.972 bits per heavy atom. The van der Waals surface area contributed by atoms with Crippen LogP contribution in [0.4, 0.5) is 0 Å². The number of rotatable bonds is 8. The lowest BCUT2D eigenvalue weighted by Gasteiger charge is -2.39. The lowest BCUT2D eigenvalue weighted by molar-refractivity contribution is -0.0268. The molecule has 5 heteroatoms. The molecule has 0 spiro atoms. The maximum absolute atomic E-state index is 9.06. The molecule has 2 heterocycles. The van der Waals surface area contributed by atoms with Gasteiger partial charge < -0.3 is 9.30 Å². The zero-order chi connectivity index (χ0) is 24.7. The van der Waals surface area contributed by atoms with E-state index in [0.717, 1.165) is 38.2 Å². The number of piperidine rings is 1. The predicted molar refractivity (Wildman–Crippen MR) is 141 cm³/mol. The Balaban J connectivity index is 1.29. The van der Waals surface area contributed by atoms with Crippen molar-refractivity contribution >= 4 is 0 Å². The first kappa shape index (κ1) is 24.0. The fourth-order valence-electron chi connectivity index (χ4n) is 5.09. The van der Waals surface area contributed by atoms with E-state index in [9.17, 15) is 0 Å². The highest BCUT2D eigenvalue weighted by atomic mass is 16.5. The first-order chi connectivity index (χ1) is 17.7. The molecule has 0 amide bonds. The molecule has 0 aliphatic carbocycles. The highest BCUT2D eigenvalue weighted by Crippen LogP contribution is 2.32. The lowest BCUT2D eigenvalue weighted by Crippen LogP contribution is -2.44. The van der Waals surface area contributed by atoms with Gasteiger partial charge in [0.25, 0.3) is 0 Å². The Morgan fingerprint density at radius 2 is 1.81 bits per heavy atom. The number of aromatic nitrogens is 2. The lowest BCUT2D eigenvalue weighted by atomic mass is 9.86. The molecule has 1 aromatic heterocycles. The molecular formula is C31H32N4O. The molecule has 36 heavy (non-hydrogen) atoms. The van der Waals surface area contributed by atoms with E-state index in [4.69, 9.17) is 10.00 Å². The highest BCUT2D eigenvalue weighted by Gasteiger charge is 2.31. The largest absolute Gasteiger partial charge is 0.372 e. The van der Waals surface area contributed by atoms with Crippen LogP contribution in [0, 0.1) is 18.3 Å². The second-order valence-electron chi connectivity index (χ2n) is 9.70. The summed E-state index contributed by atoms with van der Waals surface area (Å²) in [5, 5.41) is 9.06. The van der Waals surface area contributed by atoms with Crippen molar-refractivity contribution in [1.82, 2.24) is 14.5 Å². The summed E-state index contributed by atoms with van der Waals surface area (Å²) in [4.78, 5) is 6.93. The van der Waals surface area contributed by atoms with Crippen molar-refractivity contribution in [2.24, 2.45) is 0 Å². The fourth-order valence-corrected chi connectivity index (χ4v) is 5.09. The maximum Gasteiger partial charge on any atom is 0.0991 e. The number of nitrogens with zero attached hydrogens (tertiary/aromatic N) is 4. The summed E-state index contributed by atoms with van der Waals surface area (Å²) in [6.07, 6.45) is 5.05. The molecule has 4 aromatic rings. The standard InChI is InChI=1S/C31H32N4O/c1-24-6-5-9-28(16-24)30-14-15-34(21-31(30)36-22-27-7-3-2-4-8-27)20-29-18-33-23-35(29)19-26-12-10-25(17-32)11-13-26/h2-13,16,18,23,30-31H,14-15,19-22H2,1H3. The van der Waals surface area contributed by atoms with Gasteiger partial charge in [0.15, 0.2) is 0 Å². The number of hydrogen-bond acceptors (Lipinski definition) is 4. The quantitative estimate of drug-likeness (QED) is 0.328. The summed E-state index contributed by atoms with van der Waals surface area (Å²) in [5.41, 5.74) is 6.91. The van der Waals surface area contributed by atoms with E-state index in [1.165, 1.54) is 22.4 Å². The van der Waals surface area contributed by atoms with Crippen LogP contribution in [0.1, 0.15) is 45.8 Å². The van der Waals surface area contributed by atoms with Crippen LogP contribution in [0.25, 0.3) is 0 Å². The smallest absolute Gasteiger partial charge is 0.0991 e. The van der Waals surface area contributed by atoms with Gasteiger partial charge >= 0.3 is 0 Å². The summed E-state index contributed by atoms with van der Waals surface area (Å²) >= 11 is 0. The van der Waals surface area contributed by atoms with E-state index >= 15 is 0 Å². The number of imidazole rings is 1. The molecule has 1 fully saturated rings. The molecule has 1 aliphatic rings. The van der Waals surface area contributed by atoms with Crippen molar-refractivity contribution < 1.29 is 4.74 Å². The van der Waals surface area contributed by atoms with Crippen LogP contribution in [-0.2, 0) is 24.4 Å². The normalized spacial score (nSPS) is 18.1. The van der Waals surface area contributed by atoms with Gasteiger partial charge in [0.2, 0.25) is 0 Å². The minimum Gasteiger partial charge on any atom is -0.372 e. The zero-order valence-electron chi connectivity index (χ0n) is 20.8. The molecule has 0 radical (unpaired) electrons. The van der Waals surface area contributed by atoms with Gasteiger partial charge in [-0.15, -0.1) is 0 Å². The van der Waals surface area contributed by atoms with Gasteiger partial charge in [-0.1, -0.05) is 72.3 Å². The number of benzene rings is 3. The Labute approximate surface area is 213 Å². The maximum atomic E-state index is 9.06. The number of aryl methyl sites for hydroxylation is 1. The van der Waals surface area contributed by atoms with Crippen molar-refractivity contribution in [3.63, 3.8) is 0 Å². The van der Waals surface area contributed by atoms with Crippen LogP contribution >= 0.6 is 0 Å². The van der Waals surface area contributed by atoms with Crippen LogP contribution < -0.4 is 0 Å². The summed E-state index contributed by atoms with van der Waals surface area (Å²) in [5.74, 6) is 0.383. The summed E-state index contributed by atoms with van der Waals surface area (Å²) in [7, 11) is 0. The van der Waals surface area contributed by atoms with Crippen LogP contribution in [0.15, 0.2) is 91.4 Å². The number of nitriles is 1. The molecule has 2 atom stereocenters. The average Bonchev–Trinajstić information content (AvgIpc) is 3.34. The molecule has 0 N–H and O–H groups in total. The molecule has 2 unspecified atom stereocenters. The van der Waals surface area contributed by atoms with Crippen molar-refractivity contribution in [2.45, 2.75) is 45.1 Å². The van der Waals surface area contributed by atoms with Crippen molar-refractivity contribution in [3.05, 3.63) is 125 Å². The summed E-state index contributed by atoms with van der Waals surface area (Å²) in [6, 6.07) is 29.3. The number of hydrogen-bond donors (Lipinski definition) is 0. The van der Waals surface area contributed by atoms with Crippen LogP contribution in [0.3, 0.4) is 0 Å². The Bertz CT molecular complexity index is 1310. The second-order valence-corrected chi connectivity index (χ2v) is 9.70. The van der Waals surface area contributed by atoms with Crippen LogP contribution in [0.2, 0.25) is 0 Å². The first-order valence-electron chi connectivity index (χ1n) is 12.6. The molecule has 3 aromatic carbocycles. The first-order valence-corrected chi connectivity index (χ1v) is 12.6. The molecule has 1 aliphatic heterocycles. The minimum absolute atomic E-state index is 0.121. The van der Waals surface area contributed by atoms with Crippen LogP contribution in [0.5, 0.6) is 0 Å². The molecule has 1 saturated heterocycles. The predicted octanol–water partition coefficient (Wildman–Crippen LogP) is 5.69. The summed E-state index contributed by atoms with van der Waals surface area (Å²) < 4.78 is 8.78. The molecule has 5 rings (SSSR count). The van der Waals surface area contributed by atoms with Crippen molar-refractivity contribution in [1.29, 1.82) is 5.26 Å². The Morgan fingerprint density at radius 3 is 2.58 bits per heavy atom. The van der Waals surface area contributed by atoms with Gasteiger partial charge in [-0.2, -0.15) is 5.26 Å². The van der Waals surface area contributed by atoms with Gasteiger partial charge in [0.1, 0.15) is 0 Å². The van der Waals surface area contributed by atoms with Gasteiger partial charge in [0, 0.05) is 31.7 Å². The topological polar surface area (TPSA) is 54.1 Å². The van der Waals surface area contributed by atoms with E-state index in [1.54, 1.807) is 0 Å². The number of likely N-dealkylation sites (tertiary alicyclic amines) is 1. The second kappa shape index (κ2) is 11.3. The third kappa shape index (κ3) is 5.91. The highest BCUT2D eigenvalue weighted by molar-refractivity contribution is 5.32. The van der Waals surface area contributed by atoms with E-state index in [2.05, 4.69) is 76.0 Å². The van der Waals surface area contributed by atoms with E-state index in [-0.39, 0.29) is 6.10 Å². The van der Waals surface area contributed by atoms with E-state index in [1.807, 2.05) is 42.9 Å². The molecule has 0 saturated carbocycles. The van der Waals surface area contributed by atoms with Crippen LogP contribution in [-0.4, -0.2) is 33.6 Å². The molecular weight excluding hydrogens is 444 g/mol. The van der Waals surface area contributed by atoms with Gasteiger partial charge in [-0.25, -0.2) is 4.98 Å². The fraction of sp³-hybridized carbons (Fsp3) is 0.290.